The van der Waals surface area contributed by atoms with Crippen LogP contribution in [0, 0.1) is 5.92 Å². The first-order chi connectivity index (χ1) is 9.38. The molecule has 1 aromatic heterocycles. The second kappa shape index (κ2) is 6.43. The van der Waals surface area contributed by atoms with Gasteiger partial charge in [0.1, 0.15) is 4.21 Å². The molecule has 0 bridgehead atoms. The third-order valence-electron chi connectivity index (χ3n) is 3.36. The molecule has 1 fully saturated rings. The minimum Gasteiger partial charge on any atom is -0.342 e. The van der Waals surface area contributed by atoms with Gasteiger partial charge in [0.15, 0.2) is 0 Å². The summed E-state index contributed by atoms with van der Waals surface area (Å²) >= 11 is 6.69. The monoisotopic (exact) mass is 336 g/mol. The fraction of sp³-hybridized carbons (Fsp3) is 0.583. The maximum atomic E-state index is 12.0. The Morgan fingerprint density at radius 2 is 2.10 bits per heavy atom. The summed E-state index contributed by atoms with van der Waals surface area (Å²) in [5.74, 6) is 0.451. The second-order valence-electron chi connectivity index (χ2n) is 4.95. The Morgan fingerprint density at radius 3 is 2.65 bits per heavy atom. The third-order valence-corrected chi connectivity index (χ3v) is 6.49. The largest absolute Gasteiger partial charge is 0.342 e. The number of likely N-dealkylation sites (tertiary alicyclic amines) is 1. The van der Waals surface area contributed by atoms with E-state index in [-0.39, 0.29) is 16.7 Å². The van der Waals surface area contributed by atoms with E-state index in [0.717, 1.165) is 24.2 Å². The van der Waals surface area contributed by atoms with Crippen molar-refractivity contribution in [3.8, 4) is 0 Å². The number of nitrogens with zero attached hydrogens (tertiary/aromatic N) is 1. The van der Waals surface area contributed by atoms with Crippen molar-refractivity contribution < 1.29 is 13.2 Å². The van der Waals surface area contributed by atoms with Crippen molar-refractivity contribution in [3.05, 3.63) is 16.5 Å². The SMILES string of the molecule is CC1CCN(C(=O)CNS(=O)(=O)c2ccc(Cl)s2)CC1. The average molecular weight is 337 g/mol. The highest BCUT2D eigenvalue weighted by Gasteiger charge is 2.23. The van der Waals surface area contributed by atoms with Gasteiger partial charge in [-0.2, -0.15) is 0 Å². The second-order valence-corrected chi connectivity index (χ2v) is 8.66. The van der Waals surface area contributed by atoms with Crippen LogP contribution < -0.4 is 4.72 Å². The highest BCUT2D eigenvalue weighted by Crippen LogP contribution is 2.25. The lowest BCUT2D eigenvalue weighted by atomic mass is 9.99. The van der Waals surface area contributed by atoms with Crippen molar-refractivity contribution in [1.82, 2.24) is 9.62 Å². The number of hydrogen-bond donors (Lipinski definition) is 1. The predicted molar refractivity (Wildman–Crippen MR) is 79.5 cm³/mol. The number of sulfonamides is 1. The topological polar surface area (TPSA) is 66.5 Å². The molecule has 1 aromatic rings. The molecule has 1 N–H and O–H groups in total. The first kappa shape index (κ1) is 15.8. The number of rotatable bonds is 4. The molecule has 1 amide bonds. The Kier molecular flexibility index (Phi) is 5.06. The fourth-order valence-corrected chi connectivity index (χ4v) is 4.54. The van der Waals surface area contributed by atoms with Gasteiger partial charge in [0.2, 0.25) is 5.91 Å². The standard InChI is InChI=1S/C12H17ClN2O3S2/c1-9-4-6-15(7-5-9)11(16)8-14-20(17,18)12-3-2-10(13)19-12/h2-3,9,14H,4-8H2,1H3. The van der Waals surface area contributed by atoms with Crippen LogP contribution in [0.1, 0.15) is 19.8 Å². The molecule has 0 spiro atoms. The van der Waals surface area contributed by atoms with Crippen molar-refractivity contribution >= 4 is 38.9 Å². The fourth-order valence-electron chi connectivity index (χ4n) is 2.04. The van der Waals surface area contributed by atoms with Crippen LogP contribution in [0.15, 0.2) is 16.3 Å². The number of halogens is 1. The zero-order valence-corrected chi connectivity index (χ0v) is 13.5. The predicted octanol–water partition coefficient (Wildman–Crippen LogP) is 1.94. The minimum atomic E-state index is -3.65. The van der Waals surface area contributed by atoms with Crippen LogP contribution in [-0.2, 0) is 14.8 Å². The molecule has 0 aliphatic carbocycles. The third kappa shape index (κ3) is 3.94. The Morgan fingerprint density at radius 1 is 1.45 bits per heavy atom. The summed E-state index contributed by atoms with van der Waals surface area (Å²) in [6.45, 7) is 3.36. The summed E-state index contributed by atoms with van der Waals surface area (Å²) in [4.78, 5) is 13.7. The van der Waals surface area contributed by atoms with Gasteiger partial charge in [-0.15, -0.1) is 11.3 Å². The number of carbonyl (C=O) groups is 1. The van der Waals surface area contributed by atoms with Crippen LogP contribution in [-0.4, -0.2) is 38.9 Å². The Bertz CT molecular complexity index is 577. The Hall–Kier alpha value is -0.630. The van der Waals surface area contributed by atoms with E-state index in [9.17, 15) is 13.2 Å². The van der Waals surface area contributed by atoms with Crippen LogP contribution in [0.5, 0.6) is 0 Å². The highest BCUT2D eigenvalue weighted by molar-refractivity contribution is 7.91. The Labute approximate surface area is 128 Å². The highest BCUT2D eigenvalue weighted by atomic mass is 35.5. The van der Waals surface area contributed by atoms with Gasteiger partial charge in [0.05, 0.1) is 10.9 Å². The molecular weight excluding hydrogens is 320 g/mol. The van der Waals surface area contributed by atoms with E-state index in [1.165, 1.54) is 12.1 Å². The Balaban J connectivity index is 1.90. The van der Waals surface area contributed by atoms with E-state index in [2.05, 4.69) is 11.6 Å². The van der Waals surface area contributed by atoms with Crippen molar-refractivity contribution in [3.63, 3.8) is 0 Å². The number of nitrogens with one attached hydrogen (secondary N) is 1. The molecule has 1 saturated heterocycles. The van der Waals surface area contributed by atoms with Crippen LogP contribution in [0.4, 0.5) is 0 Å². The normalized spacial score (nSPS) is 17.4. The van der Waals surface area contributed by atoms with Gasteiger partial charge in [0, 0.05) is 13.1 Å². The number of piperidine rings is 1. The number of carbonyl (C=O) groups excluding carboxylic acids is 1. The van der Waals surface area contributed by atoms with Crippen LogP contribution >= 0.6 is 22.9 Å². The molecule has 1 aliphatic rings. The zero-order chi connectivity index (χ0) is 14.8. The van der Waals surface area contributed by atoms with Gasteiger partial charge < -0.3 is 4.90 Å². The quantitative estimate of drug-likeness (QED) is 0.913. The van der Waals surface area contributed by atoms with Gasteiger partial charge in [-0.1, -0.05) is 18.5 Å². The number of thiophene rings is 1. The van der Waals surface area contributed by atoms with Gasteiger partial charge in [0.25, 0.3) is 10.0 Å². The van der Waals surface area contributed by atoms with Crippen molar-refractivity contribution in [1.29, 1.82) is 0 Å². The van der Waals surface area contributed by atoms with Gasteiger partial charge in [-0.25, -0.2) is 13.1 Å². The van der Waals surface area contributed by atoms with E-state index in [0.29, 0.717) is 23.3 Å². The molecule has 8 heteroatoms. The van der Waals surface area contributed by atoms with Crippen LogP contribution in [0.25, 0.3) is 0 Å². The van der Waals surface area contributed by atoms with Crippen LogP contribution in [0.3, 0.4) is 0 Å². The number of amides is 1. The lowest BCUT2D eigenvalue weighted by Crippen LogP contribution is -2.43. The molecule has 2 heterocycles. The summed E-state index contributed by atoms with van der Waals surface area (Å²) in [5, 5.41) is 0. The summed E-state index contributed by atoms with van der Waals surface area (Å²) in [5.41, 5.74) is 0. The smallest absolute Gasteiger partial charge is 0.250 e. The molecule has 0 aromatic carbocycles. The van der Waals surface area contributed by atoms with Gasteiger partial charge in [-0.3, -0.25) is 4.79 Å². The molecular formula is C12H17ClN2O3S2. The maximum absolute atomic E-state index is 12.0. The molecule has 20 heavy (non-hydrogen) atoms. The van der Waals surface area contributed by atoms with E-state index in [1.54, 1.807) is 4.90 Å². The minimum absolute atomic E-state index is 0.127. The van der Waals surface area contributed by atoms with Crippen molar-refractivity contribution in [2.45, 2.75) is 24.0 Å². The van der Waals surface area contributed by atoms with E-state index in [1.807, 2.05) is 0 Å². The molecule has 2 rings (SSSR count). The average Bonchev–Trinajstić information content (AvgIpc) is 2.84. The number of hydrogen-bond acceptors (Lipinski definition) is 4. The summed E-state index contributed by atoms with van der Waals surface area (Å²) < 4.78 is 26.8. The lowest BCUT2D eigenvalue weighted by molar-refractivity contribution is -0.131. The van der Waals surface area contributed by atoms with Crippen molar-refractivity contribution in [2.75, 3.05) is 19.6 Å². The van der Waals surface area contributed by atoms with Crippen LogP contribution in [0.2, 0.25) is 4.34 Å². The maximum Gasteiger partial charge on any atom is 0.250 e. The first-order valence-corrected chi connectivity index (χ1v) is 9.09. The summed E-state index contributed by atoms with van der Waals surface area (Å²) in [6, 6.07) is 2.96. The zero-order valence-electron chi connectivity index (χ0n) is 11.1. The van der Waals surface area contributed by atoms with Gasteiger partial charge in [-0.05, 0) is 30.9 Å². The first-order valence-electron chi connectivity index (χ1n) is 6.41. The molecule has 0 atom stereocenters. The van der Waals surface area contributed by atoms with Gasteiger partial charge >= 0.3 is 0 Å². The molecule has 0 radical (unpaired) electrons. The molecule has 5 nitrogen and oxygen atoms in total. The molecule has 112 valence electrons. The lowest BCUT2D eigenvalue weighted by Gasteiger charge is -2.30. The molecule has 0 saturated carbocycles. The summed E-state index contributed by atoms with van der Waals surface area (Å²) in [6.07, 6.45) is 1.94. The molecule has 1 aliphatic heterocycles. The molecule has 0 unspecified atom stereocenters. The van der Waals surface area contributed by atoms with E-state index in [4.69, 9.17) is 11.6 Å². The van der Waals surface area contributed by atoms with Crippen molar-refractivity contribution in [2.24, 2.45) is 5.92 Å². The van der Waals surface area contributed by atoms with E-state index < -0.39 is 10.0 Å². The van der Waals surface area contributed by atoms with E-state index >= 15 is 0 Å². The summed E-state index contributed by atoms with van der Waals surface area (Å²) in [7, 11) is -3.65.